The lowest BCUT2D eigenvalue weighted by Gasteiger charge is -2.47. The molecule has 46 heavy (non-hydrogen) atoms. The van der Waals surface area contributed by atoms with E-state index in [1.54, 1.807) is 6.92 Å². The maximum atomic E-state index is 13.6. The first-order chi connectivity index (χ1) is 21.6. The van der Waals surface area contributed by atoms with Crippen LogP contribution in [0.25, 0.3) is 0 Å². The Hall–Kier alpha value is -1.89. The number of carbonyl (C=O) groups excluding carboxylic acids is 1. The van der Waals surface area contributed by atoms with Crippen molar-refractivity contribution >= 4 is 5.97 Å². The highest BCUT2D eigenvalue weighted by Crippen LogP contribution is 2.56. The average Bonchev–Trinajstić information content (AvgIpc) is 3.45. The highest BCUT2D eigenvalue weighted by Gasteiger charge is 2.65. The van der Waals surface area contributed by atoms with Crippen molar-refractivity contribution in [3.8, 4) is 0 Å². The van der Waals surface area contributed by atoms with Crippen LogP contribution >= 0.6 is 0 Å². The minimum absolute atomic E-state index is 0.114. The molecule has 1 aromatic rings. The summed E-state index contributed by atoms with van der Waals surface area (Å²) in [6.45, 7) is 14.7. The lowest BCUT2D eigenvalue weighted by atomic mass is 9.78. The van der Waals surface area contributed by atoms with Crippen molar-refractivity contribution in [2.75, 3.05) is 20.6 Å². The number of ether oxygens (including phenoxy) is 5. The van der Waals surface area contributed by atoms with Crippen LogP contribution in [0.15, 0.2) is 42.0 Å². The van der Waals surface area contributed by atoms with Crippen LogP contribution in [0.2, 0.25) is 0 Å². The minimum Gasteiger partial charge on any atom is -0.459 e. The van der Waals surface area contributed by atoms with Crippen molar-refractivity contribution in [3.05, 3.63) is 47.5 Å². The van der Waals surface area contributed by atoms with Gasteiger partial charge in [-0.1, -0.05) is 51.1 Å². The van der Waals surface area contributed by atoms with Crippen LogP contribution in [0.4, 0.5) is 0 Å². The molecule has 10 nitrogen and oxygen atoms in total. The third-order valence-electron chi connectivity index (χ3n) is 10.8. The van der Waals surface area contributed by atoms with Crippen molar-refractivity contribution in [2.45, 2.75) is 134 Å². The predicted octanol–water partition coefficient (Wildman–Crippen LogP) is 3.78. The second kappa shape index (κ2) is 13.6. The van der Waals surface area contributed by atoms with Crippen LogP contribution < -0.4 is 5.32 Å². The fourth-order valence-corrected chi connectivity index (χ4v) is 8.30. The fraction of sp³-hybridized carbons (Fsp3) is 0.750. The number of hydrogen-bond acceptors (Lipinski definition) is 10. The molecule has 0 radical (unpaired) electrons. The standard InChI is InChI=1S/C36H56N2O8/c1-10-28-34(6)18-26(20-37-19-25-14-12-11-13-15-25)36(45-34)21(2)17-35(7,46-36)31(23(4)29(39)24(5)32(41)43-28)44-33-30(40)27(38(8)9)16-22(3)42-33/h11-15,18,21-24,27-31,33,37,39-40H,10,16-17,19-20H2,1-9H3/t21-,22-,23+,24-,27+,28-,29+,30-,31-,33+,34+,35-,36?/m1/s1. The number of carbonyl (C=O) groups is 1. The van der Waals surface area contributed by atoms with Gasteiger partial charge in [0, 0.05) is 36.5 Å². The van der Waals surface area contributed by atoms with E-state index in [0.717, 1.165) is 11.1 Å². The molecule has 3 N–H and O–H groups in total. The molecule has 4 aliphatic heterocycles. The zero-order valence-electron chi connectivity index (χ0n) is 29.1. The molecule has 13 atom stereocenters. The van der Waals surface area contributed by atoms with Crippen LogP contribution in [0.5, 0.6) is 0 Å². The number of benzene rings is 1. The minimum atomic E-state index is -1.13. The van der Waals surface area contributed by atoms with Gasteiger partial charge in [0.1, 0.15) is 17.8 Å². The van der Waals surface area contributed by atoms with E-state index in [-0.39, 0.29) is 18.1 Å². The summed E-state index contributed by atoms with van der Waals surface area (Å²) in [4.78, 5) is 15.6. The summed E-state index contributed by atoms with van der Waals surface area (Å²) in [5.41, 5.74) is 0.171. The van der Waals surface area contributed by atoms with E-state index >= 15 is 0 Å². The second-order valence-corrected chi connectivity index (χ2v) is 14.8. The summed E-state index contributed by atoms with van der Waals surface area (Å²) in [6, 6.07) is 10.0. The van der Waals surface area contributed by atoms with Crippen molar-refractivity contribution in [3.63, 3.8) is 0 Å². The molecule has 258 valence electrons. The molecule has 3 fully saturated rings. The smallest absolute Gasteiger partial charge is 0.311 e. The molecule has 4 aliphatic rings. The second-order valence-electron chi connectivity index (χ2n) is 14.8. The normalized spacial score (nSPS) is 44.8. The van der Waals surface area contributed by atoms with E-state index in [0.29, 0.717) is 32.4 Å². The molecule has 4 heterocycles. The summed E-state index contributed by atoms with van der Waals surface area (Å²) >= 11 is 0. The Bertz CT molecular complexity index is 1250. The Morgan fingerprint density at radius 2 is 1.72 bits per heavy atom. The predicted molar refractivity (Wildman–Crippen MR) is 174 cm³/mol. The SMILES string of the molecule is CC[C@H]1OC(=O)[C@H](C)[C@@H](O)[C@H](C)[C@@H](O[C@@H]2O[C@H](C)C[C@H](N(C)C)[C@H]2O)[C@@]2(C)C[C@@H](C)C3(O2)O[C@@]1(C)C=C3CNCc1ccccc1. The topological polar surface area (TPSA) is 119 Å². The number of esters is 1. The van der Waals surface area contributed by atoms with E-state index in [1.165, 1.54) is 0 Å². The van der Waals surface area contributed by atoms with Gasteiger partial charge in [-0.25, -0.2) is 0 Å². The summed E-state index contributed by atoms with van der Waals surface area (Å²) in [7, 11) is 3.87. The maximum absolute atomic E-state index is 13.6. The number of rotatable bonds is 8. The molecular formula is C36H56N2O8. The number of aliphatic hydroxyl groups excluding tert-OH is 2. The van der Waals surface area contributed by atoms with Gasteiger partial charge in [0.05, 0.1) is 29.8 Å². The van der Waals surface area contributed by atoms with E-state index in [9.17, 15) is 15.0 Å². The third kappa shape index (κ3) is 6.57. The monoisotopic (exact) mass is 644 g/mol. The quantitative estimate of drug-likeness (QED) is 0.285. The summed E-state index contributed by atoms with van der Waals surface area (Å²) in [6.07, 6.45) is -0.680. The Morgan fingerprint density at radius 3 is 2.37 bits per heavy atom. The zero-order valence-corrected chi connectivity index (χ0v) is 29.1. The summed E-state index contributed by atoms with van der Waals surface area (Å²) in [5.74, 6) is -3.16. The van der Waals surface area contributed by atoms with Gasteiger partial charge in [-0.15, -0.1) is 0 Å². The lowest BCUT2D eigenvalue weighted by Crippen LogP contribution is -2.59. The number of aliphatic hydroxyl groups is 2. The lowest BCUT2D eigenvalue weighted by molar-refractivity contribution is -0.328. The first-order valence-electron chi connectivity index (χ1n) is 17.0. The molecule has 1 unspecified atom stereocenters. The number of hydrogen-bond donors (Lipinski definition) is 3. The van der Waals surface area contributed by atoms with Gasteiger partial charge < -0.3 is 44.1 Å². The van der Waals surface area contributed by atoms with Gasteiger partial charge in [-0.3, -0.25) is 4.79 Å². The molecule has 10 heteroatoms. The van der Waals surface area contributed by atoms with Gasteiger partial charge in [-0.05, 0) is 72.7 Å². The number of fused-ring (bicyclic) bond motifs is 2. The maximum Gasteiger partial charge on any atom is 0.311 e. The molecule has 1 spiro atoms. The Balaban J connectivity index is 1.54. The van der Waals surface area contributed by atoms with Gasteiger partial charge >= 0.3 is 5.97 Å². The zero-order chi connectivity index (χ0) is 33.6. The molecule has 3 bridgehead atoms. The van der Waals surface area contributed by atoms with Crippen molar-refractivity contribution < 1.29 is 38.7 Å². The van der Waals surface area contributed by atoms with Gasteiger partial charge in [0.15, 0.2) is 12.1 Å². The molecule has 0 amide bonds. The van der Waals surface area contributed by atoms with E-state index in [2.05, 4.69) is 30.4 Å². The largest absolute Gasteiger partial charge is 0.459 e. The fourth-order valence-electron chi connectivity index (χ4n) is 8.30. The van der Waals surface area contributed by atoms with Crippen LogP contribution in [-0.4, -0.2) is 102 Å². The van der Waals surface area contributed by atoms with Crippen molar-refractivity contribution in [1.82, 2.24) is 10.2 Å². The first kappa shape index (κ1) is 35.4. The van der Waals surface area contributed by atoms with Crippen LogP contribution in [0.3, 0.4) is 0 Å². The van der Waals surface area contributed by atoms with E-state index in [1.807, 2.05) is 71.8 Å². The average molecular weight is 645 g/mol. The Labute approximate surface area is 274 Å². The molecule has 0 aliphatic carbocycles. The molecule has 3 saturated heterocycles. The first-order valence-corrected chi connectivity index (χ1v) is 17.0. The summed E-state index contributed by atoms with van der Waals surface area (Å²) < 4.78 is 33.3. The van der Waals surface area contributed by atoms with Crippen molar-refractivity contribution in [1.29, 1.82) is 0 Å². The molecular weight excluding hydrogens is 588 g/mol. The van der Waals surface area contributed by atoms with Gasteiger partial charge in [-0.2, -0.15) is 0 Å². The highest BCUT2D eigenvalue weighted by molar-refractivity contribution is 5.73. The number of cyclic esters (lactones) is 1. The molecule has 0 saturated carbocycles. The Kier molecular flexibility index (Phi) is 10.4. The Morgan fingerprint density at radius 1 is 1.02 bits per heavy atom. The van der Waals surface area contributed by atoms with Crippen LogP contribution in [-0.2, 0) is 35.0 Å². The van der Waals surface area contributed by atoms with E-state index < -0.39 is 65.5 Å². The molecule has 5 rings (SSSR count). The number of likely N-dealkylation sites (N-methyl/N-ethyl adjacent to an activating group) is 1. The molecule has 1 aromatic carbocycles. The van der Waals surface area contributed by atoms with Crippen LogP contribution in [0.1, 0.15) is 73.3 Å². The van der Waals surface area contributed by atoms with Crippen LogP contribution in [0, 0.1) is 17.8 Å². The third-order valence-corrected chi connectivity index (χ3v) is 10.8. The number of nitrogens with zero attached hydrogens (tertiary/aromatic N) is 1. The number of nitrogens with one attached hydrogen (secondary N) is 1. The van der Waals surface area contributed by atoms with E-state index in [4.69, 9.17) is 23.7 Å². The van der Waals surface area contributed by atoms with Crippen molar-refractivity contribution in [2.24, 2.45) is 17.8 Å². The highest BCUT2D eigenvalue weighted by atomic mass is 16.8. The molecule has 0 aromatic heterocycles. The van der Waals surface area contributed by atoms with Gasteiger partial charge in [0.2, 0.25) is 0 Å². The summed E-state index contributed by atoms with van der Waals surface area (Å²) in [5, 5.41) is 26.7. The van der Waals surface area contributed by atoms with Gasteiger partial charge in [0.25, 0.3) is 0 Å².